The topological polar surface area (TPSA) is 78.3 Å². The molecule has 0 saturated heterocycles. The number of fused-ring (bicyclic) bond motifs is 2. The lowest BCUT2D eigenvalue weighted by molar-refractivity contribution is 0.0927. The van der Waals surface area contributed by atoms with E-state index in [1.807, 2.05) is 6.92 Å². The minimum atomic E-state index is -0.0996. The van der Waals surface area contributed by atoms with Gasteiger partial charge in [0.2, 0.25) is 6.79 Å². The van der Waals surface area contributed by atoms with Crippen LogP contribution in [0.3, 0.4) is 0 Å². The third-order valence-corrected chi connectivity index (χ3v) is 4.10. The molecule has 1 aromatic heterocycles. The fourth-order valence-corrected chi connectivity index (χ4v) is 2.89. The number of nitrogens with zero attached hydrogens (tertiary/aromatic N) is 3. The van der Waals surface area contributed by atoms with Gasteiger partial charge in [-0.1, -0.05) is 0 Å². The van der Waals surface area contributed by atoms with Crippen LogP contribution in [-0.4, -0.2) is 33.5 Å². The Morgan fingerprint density at radius 2 is 2.18 bits per heavy atom. The molecule has 0 aliphatic carbocycles. The average molecular weight is 300 g/mol. The largest absolute Gasteiger partial charge is 0.454 e. The van der Waals surface area contributed by atoms with Gasteiger partial charge in [0.25, 0.3) is 5.91 Å². The highest BCUT2D eigenvalue weighted by Crippen LogP contribution is 2.32. The number of aromatic nitrogens is 3. The zero-order valence-corrected chi connectivity index (χ0v) is 12.2. The summed E-state index contributed by atoms with van der Waals surface area (Å²) in [5.74, 6) is 3.08. The number of rotatable bonds is 2. The second-order valence-corrected chi connectivity index (χ2v) is 5.55. The van der Waals surface area contributed by atoms with Crippen molar-refractivity contribution in [2.75, 3.05) is 6.79 Å². The summed E-state index contributed by atoms with van der Waals surface area (Å²) < 4.78 is 12.6. The van der Waals surface area contributed by atoms with Gasteiger partial charge < -0.3 is 19.4 Å². The Bertz CT molecular complexity index is 740. The Hall–Kier alpha value is -2.57. The van der Waals surface area contributed by atoms with Crippen molar-refractivity contribution in [2.24, 2.45) is 0 Å². The first-order valence-corrected chi connectivity index (χ1v) is 7.30. The van der Waals surface area contributed by atoms with Crippen molar-refractivity contribution in [1.29, 1.82) is 0 Å². The maximum Gasteiger partial charge on any atom is 0.251 e. The predicted octanol–water partition coefficient (Wildman–Crippen LogP) is 1.06. The quantitative estimate of drug-likeness (QED) is 0.897. The number of hydrogen-bond acceptors (Lipinski definition) is 5. The van der Waals surface area contributed by atoms with Crippen LogP contribution in [0.2, 0.25) is 0 Å². The van der Waals surface area contributed by atoms with Crippen LogP contribution in [0.15, 0.2) is 18.2 Å². The summed E-state index contributed by atoms with van der Waals surface area (Å²) in [6.07, 6.45) is 1.70. The number of nitrogens with one attached hydrogen (secondary N) is 1. The van der Waals surface area contributed by atoms with E-state index in [1.165, 1.54) is 0 Å². The number of hydrogen-bond donors (Lipinski definition) is 1. The van der Waals surface area contributed by atoms with E-state index in [0.717, 1.165) is 24.5 Å². The standard InChI is InChI=1S/C15H16N4O3/c1-9-17-18-14-5-3-11(7-19(9)14)16-15(20)10-2-4-12-13(6-10)22-8-21-12/h2,4,6,11H,3,5,7-8H2,1H3,(H,16,20)/t11-/m0/s1. The molecule has 0 saturated carbocycles. The van der Waals surface area contributed by atoms with E-state index in [0.29, 0.717) is 23.6 Å². The van der Waals surface area contributed by atoms with Crippen LogP contribution in [0.1, 0.15) is 28.4 Å². The molecule has 22 heavy (non-hydrogen) atoms. The molecular weight excluding hydrogens is 284 g/mol. The second-order valence-electron chi connectivity index (χ2n) is 5.55. The molecule has 7 heteroatoms. The molecule has 7 nitrogen and oxygen atoms in total. The minimum absolute atomic E-state index is 0.0834. The van der Waals surface area contributed by atoms with Crippen LogP contribution < -0.4 is 14.8 Å². The smallest absolute Gasteiger partial charge is 0.251 e. The molecule has 0 unspecified atom stereocenters. The van der Waals surface area contributed by atoms with Gasteiger partial charge >= 0.3 is 0 Å². The summed E-state index contributed by atoms with van der Waals surface area (Å²) in [4.78, 5) is 12.4. The molecule has 114 valence electrons. The lowest BCUT2D eigenvalue weighted by Crippen LogP contribution is -2.41. The third-order valence-electron chi connectivity index (χ3n) is 4.10. The van der Waals surface area contributed by atoms with Gasteiger partial charge in [0.1, 0.15) is 11.6 Å². The van der Waals surface area contributed by atoms with Crippen molar-refractivity contribution in [3.05, 3.63) is 35.4 Å². The van der Waals surface area contributed by atoms with E-state index in [2.05, 4.69) is 20.1 Å². The molecule has 1 amide bonds. The van der Waals surface area contributed by atoms with Crippen LogP contribution in [0.25, 0.3) is 0 Å². The van der Waals surface area contributed by atoms with Crippen molar-refractivity contribution in [2.45, 2.75) is 32.4 Å². The molecule has 2 aliphatic rings. The van der Waals surface area contributed by atoms with Crippen LogP contribution >= 0.6 is 0 Å². The highest BCUT2D eigenvalue weighted by molar-refractivity contribution is 5.95. The van der Waals surface area contributed by atoms with E-state index in [-0.39, 0.29) is 18.7 Å². The SMILES string of the molecule is Cc1nnc2n1C[C@@H](NC(=O)c1ccc3c(c1)OCO3)CC2. The Kier molecular flexibility index (Phi) is 2.99. The molecule has 1 atom stereocenters. The zero-order chi connectivity index (χ0) is 15.1. The number of carbonyl (C=O) groups is 1. The van der Waals surface area contributed by atoms with Gasteiger partial charge in [-0.05, 0) is 31.5 Å². The van der Waals surface area contributed by atoms with E-state index in [1.54, 1.807) is 18.2 Å². The molecule has 3 heterocycles. The average Bonchev–Trinajstić information content (AvgIpc) is 3.13. The normalized spacial score (nSPS) is 18.9. The van der Waals surface area contributed by atoms with Crippen molar-refractivity contribution in [1.82, 2.24) is 20.1 Å². The van der Waals surface area contributed by atoms with E-state index in [9.17, 15) is 4.79 Å². The summed E-state index contributed by atoms with van der Waals surface area (Å²) in [5.41, 5.74) is 0.579. The van der Waals surface area contributed by atoms with Gasteiger partial charge in [-0.2, -0.15) is 0 Å². The van der Waals surface area contributed by atoms with Crippen LogP contribution in [0.5, 0.6) is 11.5 Å². The van der Waals surface area contributed by atoms with Gasteiger partial charge in [0, 0.05) is 24.6 Å². The van der Waals surface area contributed by atoms with Gasteiger partial charge in [-0.3, -0.25) is 4.79 Å². The summed E-state index contributed by atoms with van der Waals surface area (Å²) in [6, 6.07) is 5.32. The molecule has 0 spiro atoms. The van der Waals surface area contributed by atoms with Crippen LogP contribution in [0.4, 0.5) is 0 Å². The highest BCUT2D eigenvalue weighted by Gasteiger charge is 2.24. The third kappa shape index (κ3) is 2.18. The summed E-state index contributed by atoms with van der Waals surface area (Å²) >= 11 is 0. The monoisotopic (exact) mass is 300 g/mol. The van der Waals surface area contributed by atoms with Gasteiger partial charge in [-0.15, -0.1) is 10.2 Å². The first-order valence-electron chi connectivity index (χ1n) is 7.30. The molecule has 1 aromatic carbocycles. The fourth-order valence-electron chi connectivity index (χ4n) is 2.89. The van der Waals surface area contributed by atoms with Gasteiger partial charge in [-0.25, -0.2) is 0 Å². The molecule has 1 N–H and O–H groups in total. The fraction of sp³-hybridized carbons (Fsp3) is 0.400. The predicted molar refractivity (Wildman–Crippen MR) is 76.9 cm³/mol. The number of amides is 1. The van der Waals surface area contributed by atoms with Gasteiger partial charge in [0.05, 0.1) is 0 Å². The molecule has 0 bridgehead atoms. The Morgan fingerprint density at radius 1 is 1.32 bits per heavy atom. The molecule has 0 radical (unpaired) electrons. The second kappa shape index (κ2) is 5.01. The van der Waals surface area contributed by atoms with Gasteiger partial charge in [0.15, 0.2) is 11.5 Å². The Morgan fingerprint density at radius 3 is 3.09 bits per heavy atom. The van der Waals surface area contributed by atoms with Crippen LogP contribution in [-0.2, 0) is 13.0 Å². The van der Waals surface area contributed by atoms with E-state index < -0.39 is 0 Å². The first kappa shape index (κ1) is 13.1. The lowest BCUT2D eigenvalue weighted by atomic mass is 10.1. The number of aryl methyl sites for hydroxylation is 2. The molecular formula is C15H16N4O3. The molecule has 4 rings (SSSR count). The molecule has 2 aromatic rings. The maximum absolute atomic E-state index is 12.4. The van der Waals surface area contributed by atoms with Crippen LogP contribution in [0, 0.1) is 6.92 Å². The first-order chi connectivity index (χ1) is 10.7. The van der Waals surface area contributed by atoms with Crippen molar-refractivity contribution in [3.8, 4) is 11.5 Å². The van der Waals surface area contributed by atoms with E-state index >= 15 is 0 Å². The summed E-state index contributed by atoms with van der Waals surface area (Å²) in [7, 11) is 0. The highest BCUT2D eigenvalue weighted by atomic mass is 16.7. The van der Waals surface area contributed by atoms with Crippen molar-refractivity contribution >= 4 is 5.91 Å². The maximum atomic E-state index is 12.4. The summed E-state index contributed by atoms with van der Waals surface area (Å²) in [5, 5.41) is 11.3. The van der Waals surface area contributed by atoms with Crippen molar-refractivity contribution < 1.29 is 14.3 Å². The molecule has 2 aliphatic heterocycles. The van der Waals surface area contributed by atoms with E-state index in [4.69, 9.17) is 9.47 Å². The molecule has 0 fully saturated rings. The minimum Gasteiger partial charge on any atom is -0.454 e. The lowest BCUT2D eigenvalue weighted by Gasteiger charge is -2.25. The number of carbonyl (C=O) groups excluding carboxylic acids is 1. The zero-order valence-electron chi connectivity index (χ0n) is 12.2. The Labute approximate surface area is 127 Å². The summed E-state index contributed by atoms with van der Waals surface area (Å²) in [6.45, 7) is 2.85. The van der Waals surface area contributed by atoms with Crippen molar-refractivity contribution in [3.63, 3.8) is 0 Å². The Balaban J connectivity index is 1.48. The number of ether oxygens (including phenoxy) is 2. The number of benzene rings is 1.